The molecule has 0 aromatic heterocycles. The smallest absolute Gasteiger partial charge is 0.318 e. The molecule has 3 nitrogen and oxygen atoms in total. The molecule has 2 atom stereocenters. The Labute approximate surface area is 75.6 Å². The highest BCUT2D eigenvalue weighted by atomic mass is 32.2. The van der Waals surface area contributed by atoms with Crippen LogP contribution in [0.15, 0.2) is 0 Å². The summed E-state index contributed by atoms with van der Waals surface area (Å²) in [5.41, 5.74) is 0. The average Bonchev–Trinajstić information content (AvgIpc) is 2.05. The van der Waals surface area contributed by atoms with Gasteiger partial charge >= 0.3 is 5.97 Å². The Morgan fingerprint density at radius 1 is 1.42 bits per heavy atom. The van der Waals surface area contributed by atoms with Gasteiger partial charge in [-0.1, -0.05) is 13.8 Å². The second-order valence-corrected chi connectivity index (χ2v) is 4.78. The highest BCUT2D eigenvalue weighted by molar-refractivity contribution is 7.87. The van der Waals surface area contributed by atoms with Crippen LogP contribution < -0.4 is 0 Å². The van der Waals surface area contributed by atoms with Crippen LogP contribution in [0.3, 0.4) is 0 Å². The summed E-state index contributed by atoms with van der Waals surface area (Å²) in [6, 6.07) is 0. The van der Waals surface area contributed by atoms with Crippen molar-refractivity contribution in [2.45, 2.75) is 44.1 Å². The third-order valence-electron chi connectivity index (χ3n) is 1.94. The summed E-state index contributed by atoms with van der Waals surface area (Å²) >= 11 is 0. The van der Waals surface area contributed by atoms with E-state index in [1.54, 1.807) is 0 Å². The molecule has 72 valence electrons. The molecule has 0 amide bonds. The summed E-state index contributed by atoms with van der Waals surface area (Å²) in [6.45, 7) is 5.36. The fourth-order valence-electron chi connectivity index (χ4n) is 1.01. The van der Waals surface area contributed by atoms with E-state index in [9.17, 15) is 9.00 Å². The summed E-state index contributed by atoms with van der Waals surface area (Å²) in [6.07, 6.45) is 1.56. The van der Waals surface area contributed by atoms with Gasteiger partial charge in [0.2, 0.25) is 0 Å². The number of carbonyl (C=O) groups is 1. The first kappa shape index (κ1) is 11.6. The van der Waals surface area contributed by atoms with Crippen molar-refractivity contribution in [3.63, 3.8) is 0 Å². The van der Waals surface area contributed by atoms with E-state index in [0.29, 0.717) is 0 Å². The van der Waals surface area contributed by atoms with Crippen LogP contribution >= 0.6 is 0 Å². The monoisotopic (exact) mass is 192 g/mol. The first-order valence-corrected chi connectivity index (χ1v) is 5.44. The van der Waals surface area contributed by atoms with Gasteiger partial charge in [0, 0.05) is 16.0 Å². The number of aliphatic carboxylic acids is 1. The average molecular weight is 192 g/mol. The maximum absolute atomic E-state index is 11.5. The Balaban J connectivity index is 4.25. The summed E-state index contributed by atoms with van der Waals surface area (Å²) in [5.74, 6) is -0.972. The summed E-state index contributed by atoms with van der Waals surface area (Å²) in [7, 11) is -1.23. The molecule has 4 heteroatoms. The third-order valence-corrected chi connectivity index (χ3v) is 4.16. The summed E-state index contributed by atoms with van der Waals surface area (Å²) in [4.78, 5) is 10.5. The van der Waals surface area contributed by atoms with Crippen LogP contribution in [0.1, 0.15) is 33.6 Å². The normalized spacial score (nSPS) is 16.0. The van der Waals surface area contributed by atoms with Crippen LogP contribution in [0.25, 0.3) is 0 Å². The molecule has 0 heterocycles. The Bertz CT molecular complexity index is 175. The first-order chi connectivity index (χ1) is 5.54. The first-order valence-electron chi connectivity index (χ1n) is 4.16. The lowest BCUT2D eigenvalue weighted by Crippen LogP contribution is -2.29. The van der Waals surface area contributed by atoms with Crippen LogP contribution in [0.4, 0.5) is 0 Å². The lowest BCUT2D eigenvalue weighted by atomic mass is 10.3. The number of rotatable bonds is 5. The largest absolute Gasteiger partial charge is 0.480 e. The van der Waals surface area contributed by atoms with E-state index in [0.717, 1.165) is 12.8 Å². The van der Waals surface area contributed by atoms with E-state index in [1.807, 2.05) is 13.8 Å². The molecule has 1 N–H and O–H groups in total. The van der Waals surface area contributed by atoms with Gasteiger partial charge in [-0.25, -0.2) is 0 Å². The molecule has 0 spiro atoms. The van der Waals surface area contributed by atoms with Crippen LogP contribution in [0.5, 0.6) is 0 Å². The zero-order chi connectivity index (χ0) is 9.72. The number of hydrogen-bond acceptors (Lipinski definition) is 2. The van der Waals surface area contributed by atoms with Gasteiger partial charge in [0.25, 0.3) is 0 Å². The van der Waals surface area contributed by atoms with Gasteiger partial charge in [0.05, 0.1) is 0 Å². The molecular formula is C8H16O3S. The molecule has 0 fully saturated rings. The van der Waals surface area contributed by atoms with E-state index < -0.39 is 22.0 Å². The van der Waals surface area contributed by atoms with Gasteiger partial charge in [-0.3, -0.25) is 9.00 Å². The summed E-state index contributed by atoms with van der Waals surface area (Å²) < 4.78 is 11.5. The van der Waals surface area contributed by atoms with Crippen LogP contribution in [-0.4, -0.2) is 25.8 Å². The molecule has 0 aliphatic carbocycles. The Morgan fingerprint density at radius 2 is 1.83 bits per heavy atom. The van der Waals surface area contributed by atoms with Crippen LogP contribution in [-0.2, 0) is 15.6 Å². The zero-order valence-electron chi connectivity index (χ0n) is 7.74. The van der Waals surface area contributed by atoms with E-state index in [2.05, 4.69) is 0 Å². The number of carboxylic acid groups (broad SMARTS) is 1. The number of hydrogen-bond donors (Lipinski definition) is 1. The molecule has 0 rings (SSSR count). The maximum Gasteiger partial charge on any atom is 0.318 e. The van der Waals surface area contributed by atoms with E-state index in [4.69, 9.17) is 5.11 Å². The molecule has 0 radical (unpaired) electrons. The lowest BCUT2D eigenvalue weighted by molar-refractivity contribution is -0.136. The second-order valence-electron chi connectivity index (χ2n) is 2.75. The van der Waals surface area contributed by atoms with Gasteiger partial charge < -0.3 is 5.11 Å². The standard InChI is InChI=1S/C8H16O3S/c1-4-7(5-2)12(11)6(3)8(9)10/h6-7H,4-5H2,1-3H3,(H,9,10). The van der Waals surface area contributed by atoms with Gasteiger partial charge in [0.1, 0.15) is 5.25 Å². The topological polar surface area (TPSA) is 54.4 Å². The highest BCUT2D eigenvalue weighted by Crippen LogP contribution is 2.11. The van der Waals surface area contributed by atoms with Crippen molar-refractivity contribution in [3.05, 3.63) is 0 Å². The molecule has 0 aliphatic heterocycles. The van der Waals surface area contributed by atoms with Crippen molar-refractivity contribution >= 4 is 16.8 Å². The van der Waals surface area contributed by atoms with Crippen LogP contribution in [0.2, 0.25) is 0 Å². The molecule has 12 heavy (non-hydrogen) atoms. The Hall–Kier alpha value is -0.380. The molecule has 0 bridgehead atoms. The maximum atomic E-state index is 11.5. The molecule has 0 aliphatic rings. The van der Waals surface area contributed by atoms with Crippen molar-refractivity contribution in [3.8, 4) is 0 Å². The molecular weight excluding hydrogens is 176 g/mol. The van der Waals surface area contributed by atoms with Crippen molar-refractivity contribution in [1.82, 2.24) is 0 Å². The van der Waals surface area contributed by atoms with Crippen molar-refractivity contribution in [2.24, 2.45) is 0 Å². The van der Waals surface area contributed by atoms with Gasteiger partial charge in [-0.05, 0) is 19.8 Å². The molecule has 0 aromatic rings. The molecule has 2 unspecified atom stereocenters. The summed E-state index contributed by atoms with van der Waals surface area (Å²) in [5, 5.41) is 7.88. The Kier molecular flexibility index (Phi) is 5.13. The minimum Gasteiger partial charge on any atom is -0.480 e. The highest BCUT2D eigenvalue weighted by Gasteiger charge is 2.24. The molecule has 0 saturated heterocycles. The van der Waals surface area contributed by atoms with Crippen LogP contribution in [0, 0.1) is 0 Å². The van der Waals surface area contributed by atoms with E-state index in [1.165, 1.54) is 6.92 Å². The minimum atomic E-state index is -1.23. The van der Waals surface area contributed by atoms with Gasteiger partial charge in [0.15, 0.2) is 0 Å². The lowest BCUT2D eigenvalue weighted by Gasteiger charge is -2.14. The second kappa shape index (κ2) is 5.30. The van der Waals surface area contributed by atoms with Gasteiger partial charge in [-0.2, -0.15) is 0 Å². The molecule has 0 aromatic carbocycles. The predicted molar refractivity (Wildman–Crippen MR) is 49.6 cm³/mol. The minimum absolute atomic E-state index is 0.0242. The van der Waals surface area contributed by atoms with Crippen molar-refractivity contribution < 1.29 is 14.1 Å². The quantitative estimate of drug-likeness (QED) is 0.716. The van der Waals surface area contributed by atoms with E-state index in [-0.39, 0.29) is 5.25 Å². The molecule has 0 saturated carbocycles. The predicted octanol–water partition coefficient (Wildman–Crippen LogP) is 1.40. The SMILES string of the molecule is CCC(CC)S(=O)C(C)C(=O)O. The van der Waals surface area contributed by atoms with Crippen molar-refractivity contribution in [1.29, 1.82) is 0 Å². The zero-order valence-corrected chi connectivity index (χ0v) is 8.56. The van der Waals surface area contributed by atoms with Gasteiger partial charge in [-0.15, -0.1) is 0 Å². The van der Waals surface area contributed by atoms with Crippen molar-refractivity contribution in [2.75, 3.05) is 0 Å². The fourth-order valence-corrected chi connectivity index (χ4v) is 2.44. The Morgan fingerprint density at radius 3 is 2.08 bits per heavy atom. The van der Waals surface area contributed by atoms with E-state index >= 15 is 0 Å². The third kappa shape index (κ3) is 2.93. The fraction of sp³-hybridized carbons (Fsp3) is 0.875. The number of carboxylic acids is 1.